The molecule has 3 aromatic rings. The Morgan fingerprint density at radius 1 is 1.30 bits per heavy atom. The lowest BCUT2D eigenvalue weighted by Crippen LogP contribution is -2.23. The van der Waals surface area contributed by atoms with E-state index in [9.17, 15) is 4.79 Å². The van der Waals surface area contributed by atoms with Gasteiger partial charge >= 0.3 is 0 Å². The van der Waals surface area contributed by atoms with Gasteiger partial charge in [0.15, 0.2) is 0 Å². The molecule has 5 heteroatoms. The number of aromatic nitrogens is 3. The van der Waals surface area contributed by atoms with Gasteiger partial charge in [-0.3, -0.25) is 4.79 Å². The van der Waals surface area contributed by atoms with Crippen LogP contribution in [-0.4, -0.2) is 20.9 Å². The van der Waals surface area contributed by atoms with Crippen LogP contribution in [-0.2, 0) is 6.54 Å². The molecule has 0 unspecified atom stereocenters. The molecular formula is C15H14N4O. The molecule has 2 aromatic heterocycles. The van der Waals surface area contributed by atoms with Crippen LogP contribution in [0.4, 0.5) is 0 Å². The predicted molar refractivity (Wildman–Crippen MR) is 76.2 cm³/mol. The number of carbonyl (C=O) groups is 1. The van der Waals surface area contributed by atoms with Crippen LogP contribution < -0.4 is 5.32 Å². The van der Waals surface area contributed by atoms with Gasteiger partial charge in [-0.05, 0) is 37.3 Å². The predicted octanol–water partition coefficient (Wildman–Crippen LogP) is 2.20. The smallest absolute Gasteiger partial charge is 0.251 e. The van der Waals surface area contributed by atoms with Crippen molar-refractivity contribution >= 4 is 16.8 Å². The number of carbonyl (C=O) groups excluding carboxylic acids is 1. The van der Waals surface area contributed by atoms with E-state index < -0.39 is 0 Å². The Bertz CT molecular complexity index is 763. The molecule has 0 aliphatic rings. The molecule has 20 heavy (non-hydrogen) atoms. The molecule has 5 nitrogen and oxygen atoms in total. The van der Waals surface area contributed by atoms with Gasteiger partial charge in [0.2, 0.25) is 0 Å². The quantitative estimate of drug-likeness (QED) is 0.763. The van der Waals surface area contributed by atoms with Gasteiger partial charge < -0.3 is 10.3 Å². The van der Waals surface area contributed by atoms with Gasteiger partial charge in [-0.15, -0.1) is 0 Å². The van der Waals surface area contributed by atoms with Crippen LogP contribution in [0.5, 0.6) is 0 Å². The number of nitrogens with one attached hydrogen (secondary N) is 2. The fourth-order valence-electron chi connectivity index (χ4n) is 2.07. The van der Waals surface area contributed by atoms with Crippen molar-refractivity contribution in [2.75, 3.05) is 0 Å². The maximum Gasteiger partial charge on any atom is 0.251 e. The Hall–Kier alpha value is -2.69. The molecule has 3 rings (SSSR count). The highest BCUT2D eigenvalue weighted by Gasteiger charge is 2.07. The minimum atomic E-state index is -0.107. The molecule has 0 saturated heterocycles. The number of aryl methyl sites for hydroxylation is 1. The minimum absolute atomic E-state index is 0.107. The van der Waals surface area contributed by atoms with E-state index in [0.717, 1.165) is 16.6 Å². The third kappa shape index (κ3) is 2.51. The number of hydrogen-bond acceptors (Lipinski definition) is 3. The SMILES string of the molecule is Cc1nccc(CNC(=O)c2ccc3[nH]ccc3c2)n1. The molecule has 0 bridgehead atoms. The van der Waals surface area contributed by atoms with E-state index in [1.807, 2.05) is 31.3 Å². The highest BCUT2D eigenvalue weighted by atomic mass is 16.1. The standard InChI is InChI=1S/C15H14N4O/c1-10-16-7-5-13(19-10)9-18-15(20)12-2-3-14-11(8-12)4-6-17-14/h2-8,17H,9H2,1H3,(H,18,20). The van der Waals surface area contributed by atoms with Gasteiger partial charge in [-0.2, -0.15) is 0 Å². The van der Waals surface area contributed by atoms with Crippen molar-refractivity contribution in [1.29, 1.82) is 0 Å². The summed E-state index contributed by atoms with van der Waals surface area (Å²) in [6, 6.07) is 9.31. The number of fused-ring (bicyclic) bond motifs is 1. The van der Waals surface area contributed by atoms with Gasteiger partial charge in [0.05, 0.1) is 12.2 Å². The molecule has 0 saturated carbocycles. The van der Waals surface area contributed by atoms with E-state index in [2.05, 4.69) is 20.3 Å². The van der Waals surface area contributed by atoms with Crippen molar-refractivity contribution in [3.8, 4) is 0 Å². The minimum Gasteiger partial charge on any atom is -0.361 e. The van der Waals surface area contributed by atoms with Crippen LogP contribution in [0.1, 0.15) is 21.9 Å². The van der Waals surface area contributed by atoms with Gasteiger partial charge in [-0.1, -0.05) is 0 Å². The number of nitrogens with zero attached hydrogens (tertiary/aromatic N) is 2. The molecule has 100 valence electrons. The number of amides is 1. The lowest BCUT2D eigenvalue weighted by atomic mass is 10.1. The summed E-state index contributed by atoms with van der Waals surface area (Å²) in [5, 5.41) is 3.88. The molecule has 2 N–H and O–H groups in total. The highest BCUT2D eigenvalue weighted by Crippen LogP contribution is 2.14. The first-order valence-electron chi connectivity index (χ1n) is 6.36. The van der Waals surface area contributed by atoms with Crippen molar-refractivity contribution in [2.45, 2.75) is 13.5 Å². The maximum atomic E-state index is 12.1. The zero-order valence-corrected chi connectivity index (χ0v) is 11.1. The summed E-state index contributed by atoms with van der Waals surface area (Å²) in [6.07, 6.45) is 3.55. The van der Waals surface area contributed by atoms with E-state index >= 15 is 0 Å². The zero-order chi connectivity index (χ0) is 13.9. The van der Waals surface area contributed by atoms with Crippen LogP contribution in [0.25, 0.3) is 10.9 Å². The van der Waals surface area contributed by atoms with Gasteiger partial charge in [0.25, 0.3) is 5.91 Å². The Morgan fingerprint density at radius 3 is 3.05 bits per heavy atom. The number of benzene rings is 1. The second kappa shape index (κ2) is 5.13. The number of aromatic amines is 1. The average Bonchev–Trinajstić information content (AvgIpc) is 2.92. The molecular weight excluding hydrogens is 252 g/mol. The highest BCUT2D eigenvalue weighted by molar-refractivity contribution is 5.97. The lowest BCUT2D eigenvalue weighted by molar-refractivity contribution is 0.0950. The Kier molecular flexibility index (Phi) is 3.16. The first kappa shape index (κ1) is 12.3. The Morgan fingerprint density at radius 2 is 2.20 bits per heavy atom. The molecule has 1 aromatic carbocycles. The topological polar surface area (TPSA) is 70.7 Å². The average molecular weight is 266 g/mol. The van der Waals surface area contributed by atoms with Crippen LogP contribution in [0.3, 0.4) is 0 Å². The second-order valence-electron chi connectivity index (χ2n) is 4.56. The summed E-state index contributed by atoms with van der Waals surface area (Å²) in [5.74, 6) is 0.592. The number of hydrogen-bond donors (Lipinski definition) is 2. The summed E-state index contributed by atoms with van der Waals surface area (Å²) in [4.78, 5) is 23.5. The molecule has 0 atom stereocenters. The Labute approximate surface area is 116 Å². The monoisotopic (exact) mass is 266 g/mol. The molecule has 1 amide bonds. The van der Waals surface area contributed by atoms with Crippen molar-refractivity contribution in [2.24, 2.45) is 0 Å². The van der Waals surface area contributed by atoms with Gasteiger partial charge in [0.1, 0.15) is 5.82 Å². The zero-order valence-electron chi connectivity index (χ0n) is 11.1. The number of rotatable bonds is 3. The van der Waals surface area contributed by atoms with Crippen molar-refractivity contribution in [3.05, 3.63) is 59.8 Å². The largest absolute Gasteiger partial charge is 0.361 e. The molecule has 0 aliphatic carbocycles. The summed E-state index contributed by atoms with van der Waals surface area (Å²) in [5.41, 5.74) is 2.46. The lowest BCUT2D eigenvalue weighted by Gasteiger charge is -2.05. The third-order valence-corrected chi connectivity index (χ3v) is 3.08. The van der Waals surface area contributed by atoms with Crippen LogP contribution in [0.15, 0.2) is 42.7 Å². The van der Waals surface area contributed by atoms with E-state index in [0.29, 0.717) is 17.9 Å². The van der Waals surface area contributed by atoms with Gasteiger partial charge in [-0.25, -0.2) is 9.97 Å². The third-order valence-electron chi connectivity index (χ3n) is 3.08. The molecule has 0 spiro atoms. The van der Waals surface area contributed by atoms with E-state index in [1.165, 1.54) is 0 Å². The number of H-pyrrole nitrogens is 1. The fraction of sp³-hybridized carbons (Fsp3) is 0.133. The summed E-state index contributed by atoms with van der Waals surface area (Å²) in [7, 11) is 0. The van der Waals surface area contributed by atoms with E-state index in [1.54, 1.807) is 18.3 Å². The molecule has 0 aliphatic heterocycles. The first-order chi connectivity index (χ1) is 9.72. The van der Waals surface area contributed by atoms with E-state index in [-0.39, 0.29) is 5.91 Å². The first-order valence-corrected chi connectivity index (χ1v) is 6.36. The van der Waals surface area contributed by atoms with Crippen LogP contribution >= 0.6 is 0 Å². The summed E-state index contributed by atoms with van der Waals surface area (Å²) >= 11 is 0. The summed E-state index contributed by atoms with van der Waals surface area (Å²) < 4.78 is 0. The van der Waals surface area contributed by atoms with Crippen molar-refractivity contribution in [3.63, 3.8) is 0 Å². The second-order valence-corrected chi connectivity index (χ2v) is 4.56. The summed E-state index contributed by atoms with van der Waals surface area (Å²) in [6.45, 7) is 2.22. The Balaban J connectivity index is 1.72. The van der Waals surface area contributed by atoms with E-state index in [4.69, 9.17) is 0 Å². The van der Waals surface area contributed by atoms with Crippen LogP contribution in [0, 0.1) is 6.92 Å². The normalized spacial score (nSPS) is 10.7. The molecule has 2 heterocycles. The molecule has 0 fully saturated rings. The van der Waals surface area contributed by atoms with Gasteiger partial charge in [0, 0.05) is 28.9 Å². The molecule has 0 radical (unpaired) electrons. The fourth-order valence-corrected chi connectivity index (χ4v) is 2.07. The van der Waals surface area contributed by atoms with Crippen molar-refractivity contribution in [1.82, 2.24) is 20.3 Å². The van der Waals surface area contributed by atoms with Crippen LogP contribution in [0.2, 0.25) is 0 Å². The maximum absolute atomic E-state index is 12.1. The van der Waals surface area contributed by atoms with Crippen molar-refractivity contribution < 1.29 is 4.79 Å².